The van der Waals surface area contributed by atoms with Crippen LogP contribution in [0.1, 0.15) is 23.6 Å². The molecule has 172 valence electrons. The zero-order valence-corrected chi connectivity index (χ0v) is 18.0. The van der Waals surface area contributed by atoms with Gasteiger partial charge in [-0.15, -0.1) is 0 Å². The van der Waals surface area contributed by atoms with Crippen molar-refractivity contribution in [3.05, 3.63) is 87.8 Å². The van der Waals surface area contributed by atoms with Crippen molar-refractivity contribution in [1.82, 2.24) is 0 Å². The third-order valence-corrected chi connectivity index (χ3v) is 5.50. The Bertz CT molecular complexity index is 1200. The minimum Gasteiger partial charge on any atom is -0.501 e. The molecule has 33 heavy (non-hydrogen) atoms. The van der Waals surface area contributed by atoms with Gasteiger partial charge in [-0.05, 0) is 42.8 Å². The third-order valence-electron chi connectivity index (χ3n) is 5.11. The second-order valence-corrected chi connectivity index (χ2v) is 7.55. The van der Waals surface area contributed by atoms with Crippen LogP contribution < -0.4 is 4.90 Å². The summed E-state index contributed by atoms with van der Waals surface area (Å²) in [4.78, 5) is 10.3. The molecule has 0 spiro atoms. The SMILES string of the molecule is CCO/C=C/C1=CN=C2CN=C(c3c(F)cccc3F)c3c(ccc(C(F)(F)F)c3Cl)N2C1. The van der Waals surface area contributed by atoms with E-state index in [2.05, 4.69) is 9.98 Å². The average Bonchev–Trinajstić information content (AvgIpc) is 2.91. The van der Waals surface area contributed by atoms with Gasteiger partial charge in [0, 0.05) is 11.8 Å². The Kier molecular flexibility index (Phi) is 6.25. The van der Waals surface area contributed by atoms with Crippen molar-refractivity contribution in [2.75, 3.05) is 24.6 Å². The van der Waals surface area contributed by atoms with Crippen molar-refractivity contribution in [2.24, 2.45) is 9.98 Å². The molecule has 0 fully saturated rings. The number of fused-ring (bicyclic) bond motifs is 3. The lowest BCUT2D eigenvalue weighted by Gasteiger charge is -2.29. The van der Waals surface area contributed by atoms with Gasteiger partial charge in [-0.2, -0.15) is 13.2 Å². The van der Waals surface area contributed by atoms with E-state index in [1.165, 1.54) is 12.3 Å². The minimum atomic E-state index is -4.78. The molecule has 0 radical (unpaired) electrons. The van der Waals surface area contributed by atoms with Crippen molar-refractivity contribution < 1.29 is 26.7 Å². The van der Waals surface area contributed by atoms with Crippen LogP contribution in [-0.4, -0.2) is 31.2 Å². The molecule has 0 atom stereocenters. The molecule has 2 aliphatic rings. The summed E-state index contributed by atoms with van der Waals surface area (Å²) < 4.78 is 75.4. The molecule has 0 unspecified atom stereocenters. The molecule has 0 N–H and O–H groups in total. The number of amidine groups is 1. The van der Waals surface area contributed by atoms with Crippen LogP contribution in [0.2, 0.25) is 5.02 Å². The number of alkyl halides is 3. The first kappa shape index (κ1) is 23.0. The molecule has 2 aromatic carbocycles. The lowest BCUT2D eigenvalue weighted by atomic mass is 9.96. The van der Waals surface area contributed by atoms with Crippen molar-refractivity contribution in [2.45, 2.75) is 13.1 Å². The predicted octanol–water partition coefficient (Wildman–Crippen LogP) is 6.14. The molecule has 2 aromatic rings. The molecule has 0 aromatic heterocycles. The van der Waals surface area contributed by atoms with Crippen LogP contribution in [0.15, 0.2) is 64.4 Å². The van der Waals surface area contributed by atoms with E-state index in [-0.39, 0.29) is 30.1 Å². The first-order valence-electron chi connectivity index (χ1n) is 9.92. The van der Waals surface area contributed by atoms with Gasteiger partial charge in [0.25, 0.3) is 0 Å². The monoisotopic (exact) mass is 481 g/mol. The molecule has 0 saturated heterocycles. The predicted molar refractivity (Wildman–Crippen MR) is 117 cm³/mol. The van der Waals surface area contributed by atoms with E-state index in [1.54, 1.807) is 17.2 Å². The second kappa shape index (κ2) is 8.97. The van der Waals surface area contributed by atoms with Gasteiger partial charge < -0.3 is 9.64 Å². The maximum absolute atomic E-state index is 14.7. The fourth-order valence-electron chi connectivity index (χ4n) is 3.61. The van der Waals surface area contributed by atoms with Crippen LogP contribution in [-0.2, 0) is 10.9 Å². The number of rotatable bonds is 4. The number of anilines is 1. The Morgan fingerprint density at radius 3 is 2.52 bits per heavy atom. The molecule has 2 heterocycles. The number of benzene rings is 2. The number of hydrogen-bond donors (Lipinski definition) is 0. The summed E-state index contributed by atoms with van der Waals surface area (Å²) in [6.45, 7) is 2.39. The largest absolute Gasteiger partial charge is 0.501 e. The van der Waals surface area contributed by atoms with E-state index >= 15 is 0 Å². The van der Waals surface area contributed by atoms with Crippen molar-refractivity contribution >= 4 is 28.8 Å². The highest BCUT2D eigenvalue weighted by atomic mass is 35.5. The average molecular weight is 482 g/mol. The highest BCUT2D eigenvalue weighted by Gasteiger charge is 2.38. The molecule has 4 nitrogen and oxygen atoms in total. The quantitative estimate of drug-likeness (QED) is 0.388. The van der Waals surface area contributed by atoms with Gasteiger partial charge in [-0.3, -0.25) is 4.99 Å². The number of nitrogens with zero attached hydrogens (tertiary/aromatic N) is 3. The van der Waals surface area contributed by atoms with Crippen LogP contribution in [0.3, 0.4) is 0 Å². The fraction of sp³-hybridized carbons (Fsp3) is 0.217. The highest BCUT2D eigenvalue weighted by Crippen LogP contribution is 2.42. The molecule has 0 aliphatic carbocycles. The third kappa shape index (κ3) is 4.37. The summed E-state index contributed by atoms with van der Waals surface area (Å²) in [5.41, 5.74) is -1.28. The van der Waals surface area contributed by atoms with E-state index in [4.69, 9.17) is 16.3 Å². The molecule has 10 heteroatoms. The summed E-state index contributed by atoms with van der Waals surface area (Å²) in [6.07, 6.45) is -0.0296. The zero-order valence-electron chi connectivity index (χ0n) is 17.3. The van der Waals surface area contributed by atoms with Gasteiger partial charge in [0.2, 0.25) is 0 Å². The van der Waals surface area contributed by atoms with E-state index in [1.807, 2.05) is 6.92 Å². The summed E-state index contributed by atoms with van der Waals surface area (Å²) in [5.74, 6) is -1.53. The van der Waals surface area contributed by atoms with Crippen molar-refractivity contribution in [3.63, 3.8) is 0 Å². The molecule has 0 amide bonds. The van der Waals surface area contributed by atoms with Gasteiger partial charge in [0.1, 0.15) is 17.5 Å². The topological polar surface area (TPSA) is 37.2 Å². The highest BCUT2D eigenvalue weighted by molar-refractivity contribution is 6.38. The number of halogens is 6. The van der Waals surface area contributed by atoms with Gasteiger partial charge in [-0.25, -0.2) is 13.8 Å². The Hall–Kier alpha value is -3.20. The van der Waals surface area contributed by atoms with Crippen LogP contribution in [0, 0.1) is 11.6 Å². The van der Waals surface area contributed by atoms with Gasteiger partial charge in [0.15, 0.2) is 0 Å². The molecule has 4 rings (SSSR count). The van der Waals surface area contributed by atoms with Crippen molar-refractivity contribution in [3.8, 4) is 0 Å². The van der Waals surface area contributed by atoms with Crippen molar-refractivity contribution in [1.29, 1.82) is 0 Å². The van der Waals surface area contributed by atoms with E-state index in [0.717, 1.165) is 24.3 Å². The normalized spacial score (nSPS) is 16.0. The van der Waals surface area contributed by atoms with E-state index in [9.17, 15) is 22.0 Å². The molecule has 2 aliphatic heterocycles. The zero-order chi connectivity index (χ0) is 23.8. The maximum Gasteiger partial charge on any atom is 0.417 e. The van der Waals surface area contributed by atoms with Crippen LogP contribution >= 0.6 is 11.6 Å². The molecule has 0 bridgehead atoms. The summed E-state index contributed by atoms with van der Waals surface area (Å²) in [5, 5.41) is -0.691. The standard InChI is InChI=1S/C23H17ClF5N3O/c1-2-33-9-8-13-10-30-18-11-31-22(19-15(25)4-3-5-16(19)26)20-17(32(18)12-13)7-6-14(21(20)24)23(27,28)29/h3-10H,2,11-12H2,1H3/b9-8+. The first-order valence-corrected chi connectivity index (χ1v) is 10.3. The Labute approximate surface area is 191 Å². The summed E-state index contributed by atoms with van der Waals surface area (Å²) in [7, 11) is 0. The van der Waals surface area contributed by atoms with Crippen LogP contribution in [0.5, 0.6) is 0 Å². The maximum atomic E-state index is 14.7. The minimum absolute atomic E-state index is 0.117. The fourth-order valence-corrected chi connectivity index (χ4v) is 3.97. The first-order chi connectivity index (χ1) is 15.7. The number of ether oxygens (including phenoxy) is 1. The number of aliphatic imine (C=N–C) groups is 2. The molecule has 0 saturated carbocycles. The van der Waals surface area contributed by atoms with Crippen LogP contribution in [0.4, 0.5) is 27.6 Å². The summed E-state index contributed by atoms with van der Waals surface area (Å²) >= 11 is 6.24. The Morgan fingerprint density at radius 2 is 1.85 bits per heavy atom. The Morgan fingerprint density at radius 1 is 1.12 bits per heavy atom. The lowest BCUT2D eigenvalue weighted by molar-refractivity contribution is -0.137. The van der Waals surface area contributed by atoms with Gasteiger partial charge in [0.05, 0.1) is 53.5 Å². The van der Waals surface area contributed by atoms with Gasteiger partial charge >= 0.3 is 6.18 Å². The van der Waals surface area contributed by atoms with Gasteiger partial charge in [-0.1, -0.05) is 17.7 Å². The van der Waals surface area contributed by atoms with Crippen LogP contribution in [0.25, 0.3) is 0 Å². The summed E-state index contributed by atoms with van der Waals surface area (Å²) in [6, 6.07) is 5.24. The number of hydrogen-bond acceptors (Lipinski definition) is 4. The van der Waals surface area contributed by atoms with E-state index < -0.39 is 34.0 Å². The smallest absolute Gasteiger partial charge is 0.417 e. The van der Waals surface area contributed by atoms with E-state index in [0.29, 0.717) is 18.0 Å². The lowest BCUT2D eigenvalue weighted by Crippen LogP contribution is -2.36. The molecular formula is C23H17ClF5N3O. The Balaban J connectivity index is 1.93. The second-order valence-electron chi connectivity index (χ2n) is 7.17. The molecular weight excluding hydrogens is 465 g/mol.